The Labute approximate surface area is 159 Å². The number of benzene rings is 2. The molecule has 2 aromatic carbocycles. The number of hydrogen-bond acceptors (Lipinski definition) is 2. The zero-order valence-electron chi connectivity index (χ0n) is 13.9. The van der Waals surface area contributed by atoms with E-state index in [1.54, 1.807) is 13.1 Å². The lowest BCUT2D eigenvalue weighted by molar-refractivity contribution is 0.321. The van der Waals surface area contributed by atoms with Crippen molar-refractivity contribution in [1.29, 1.82) is 0 Å². The normalized spacial score (nSPS) is 10.7. The van der Waals surface area contributed by atoms with Crippen LogP contribution in [0.4, 0.5) is 4.39 Å². The SMILES string of the molecule is CN=C(NCCOc1cccc(C)c1)NCc1cccc(F)c1.I. The van der Waals surface area contributed by atoms with E-state index in [4.69, 9.17) is 4.74 Å². The summed E-state index contributed by atoms with van der Waals surface area (Å²) >= 11 is 0. The maximum Gasteiger partial charge on any atom is 0.191 e. The third-order valence-electron chi connectivity index (χ3n) is 3.23. The van der Waals surface area contributed by atoms with Gasteiger partial charge in [-0.25, -0.2) is 4.39 Å². The van der Waals surface area contributed by atoms with Crippen molar-refractivity contribution in [2.75, 3.05) is 20.2 Å². The molecule has 0 spiro atoms. The number of guanidine groups is 1. The molecule has 130 valence electrons. The number of rotatable bonds is 6. The molecule has 0 aliphatic rings. The molecule has 0 heterocycles. The van der Waals surface area contributed by atoms with Crippen LogP contribution in [0.5, 0.6) is 5.75 Å². The Morgan fingerprint density at radius 3 is 2.62 bits per heavy atom. The molecule has 0 aromatic heterocycles. The largest absolute Gasteiger partial charge is 0.492 e. The van der Waals surface area contributed by atoms with Gasteiger partial charge in [-0.15, -0.1) is 24.0 Å². The topological polar surface area (TPSA) is 45.7 Å². The van der Waals surface area contributed by atoms with Gasteiger partial charge in [0.2, 0.25) is 0 Å². The van der Waals surface area contributed by atoms with Crippen LogP contribution in [0.25, 0.3) is 0 Å². The van der Waals surface area contributed by atoms with Gasteiger partial charge in [0.15, 0.2) is 5.96 Å². The van der Waals surface area contributed by atoms with Crippen LogP contribution in [0.15, 0.2) is 53.5 Å². The quantitative estimate of drug-likeness (QED) is 0.311. The standard InChI is InChI=1S/C18H22FN3O.HI/c1-14-5-3-8-17(11-14)23-10-9-21-18(20-2)22-13-15-6-4-7-16(19)12-15;/h3-8,11-12H,9-10,13H2,1-2H3,(H2,20,21,22);1H. The van der Waals surface area contributed by atoms with Crippen LogP contribution < -0.4 is 15.4 Å². The van der Waals surface area contributed by atoms with Gasteiger partial charge >= 0.3 is 0 Å². The third-order valence-corrected chi connectivity index (χ3v) is 3.23. The molecule has 0 atom stereocenters. The van der Waals surface area contributed by atoms with Crippen molar-refractivity contribution in [2.24, 2.45) is 4.99 Å². The fourth-order valence-electron chi connectivity index (χ4n) is 2.10. The predicted molar refractivity (Wildman–Crippen MR) is 107 cm³/mol. The second-order valence-corrected chi connectivity index (χ2v) is 5.15. The Morgan fingerprint density at radius 2 is 1.92 bits per heavy atom. The van der Waals surface area contributed by atoms with E-state index in [9.17, 15) is 4.39 Å². The predicted octanol–water partition coefficient (Wildman–Crippen LogP) is 3.50. The van der Waals surface area contributed by atoms with Gasteiger partial charge < -0.3 is 15.4 Å². The minimum atomic E-state index is -0.237. The summed E-state index contributed by atoms with van der Waals surface area (Å²) in [5, 5.41) is 6.30. The van der Waals surface area contributed by atoms with Crippen molar-refractivity contribution in [2.45, 2.75) is 13.5 Å². The number of ether oxygens (including phenoxy) is 1. The van der Waals surface area contributed by atoms with Crippen LogP contribution >= 0.6 is 24.0 Å². The second kappa shape index (κ2) is 10.9. The number of aryl methyl sites for hydroxylation is 1. The van der Waals surface area contributed by atoms with Crippen LogP contribution in [0.2, 0.25) is 0 Å². The molecule has 0 unspecified atom stereocenters. The molecule has 0 aliphatic carbocycles. The zero-order chi connectivity index (χ0) is 16.5. The van der Waals surface area contributed by atoms with Gasteiger partial charge in [0.1, 0.15) is 18.2 Å². The molecule has 0 saturated carbocycles. The number of aliphatic imine (C=N–C) groups is 1. The maximum atomic E-state index is 13.1. The first kappa shape index (κ1) is 20.2. The molecule has 0 radical (unpaired) electrons. The van der Waals surface area contributed by atoms with E-state index in [-0.39, 0.29) is 29.8 Å². The summed E-state index contributed by atoms with van der Waals surface area (Å²) in [6.45, 7) is 3.69. The molecule has 0 bridgehead atoms. The van der Waals surface area contributed by atoms with Gasteiger partial charge in [0.05, 0.1) is 6.54 Å². The summed E-state index contributed by atoms with van der Waals surface area (Å²) in [6.07, 6.45) is 0. The molecule has 0 saturated heterocycles. The van der Waals surface area contributed by atoms with Crippen LogP contribution in [0.3, 0.4) is 0 Å². The lowest BCUT2D eigenvalue weighted by atomic mass is 10.2. The maximum absolute atomic E-state index is 13.1. The van der Waals surface area contributed by atoms with Crippen molar-refractivity contribution >= 4 is 29.9 Å². The first-order valence-corrected chi connectivity index (χ1v) is 7.56. The summed E-state index contributed by atoms with van der Waals surface area (Å²) < 4.78 is 18.8. The number of nitrogens with zero attached hydrogens (tertiary/aromatic N) is 1. The lowest BCUT2D eigenvalue weighted by Crippen LogP contribution is -2.38. The monoisotopic (exact) mass is 443 g/mol. The summed E-state index contributed by atoms with van der Waals surface area (Å²) in [5.74, 6) is 1.27. The molecular weight excluding hydrogens is 420 g/mol. The Balaban J connectivity index is 0.00000288. The van der Waals surface area contributed by atoms with Gasteiger partial charge in [-0.1, -0.05) is 24.3 Å². The van der Waals surface area contributed by atoms with Crippen LogP contribution in [0, 0.1) is 12.7 Å². The lowest BCUT2D eigenvalue weighted by Gasteiger charge is -2.13. The van der Waals surface area contributed by atoms with E-state index in [1.807, 2.05) is 37.3 Å². The molecule has 2 N–H and O–H groups in total. The molecule has 6 heteroatoms. The number of nitrogens with one attached hydrogen (secondary N) is 2. The molecular formula is C18H23FIN3O. The van der Waals surface area contributed by atoms with Gasteiger partial charge in [-0.05, 0) is 42.3 Å². The van der Waals surface area contributed by atoms with Crippen molar-refractivity contribution < 1.29 is 9.13 Å². The minimum Gasteiger partial charge on any atom is -0.492 e. The van der Waals surface area contributed by atoms with Crippen molar-refractivity contribution in [3.63, 3.8) is 0 Å². The Kier molecular flexibility index (Phi) is 9.14. The summed E-state index contributed by atoms with van der Waals surface area (Å²) in [6, 6.07) is 14.4. The second-order valence-electron chi connectivity index (χ2n) is 5.15. The average Bonchev–Trinajstić information content (AvgIpc) is 2.54. The Hall–Kier alpha value is -1.83. The van der Waals surface area contributed by atoms with Gasteiger partial charge in [0, 0.05) is 13.6 Å². The van der Waals surface area contributed by atoms with Gasteiger partial charge in [0.25, 0.3) is 0 Å². The zero-order valence-corrected chi connectivity index (χ0v) is 16.2. The van der Waals surface area contributed by atoms with E-state index < -0.39 is 0 Å². The molecule has 0 amide bonds. The van der Waals surface area contributed by atoms with Crippen LogP contribution in [0.1, 0.15) is 11.1 Å². The number of halogens is 2. The first-order chi connectivity index (χ1) is 11.2. The first-order valence-electron chi connectivity index (χ1n) is 7.56. The third kappa shape index (κ3) is 7.16. The van der Waals surface area contributed by atoms with Gasteiger partial charge in [-0.2, -0.15) is 0 Å². The molecule has 2 rings (SSSR count). The molecule has 0 aliphatic heterocycles. The number of hydrogen-bond donors (Lipinski definition) is 2. The van der Waals surface area contributed by atoms with Gasteiger partial charge in [-0.3, -0.25) is 4.99 Å². The molecule has 0 fully saturated rings. The fraction of sp³-hybridized carbons (Fsp3) is 0.278. The van der Waals surface area contributed by atoms with Crippen molar-refractivity contribution in [3.8, 4) is 5.75 Å². The van der Waals surface area contributed by atoms with Crippen LogP contribution in [-0.4, -0.2) is 26.2 Å². The van der Waals surface area contributed by atoms with E-state index in [2.05, 4.69) is 15.6 Å². The highest BCUT2D eigenvalue weighted by Gasteiger charge is 2.00. The van der Waals surface area contributed by atoms with Crippen LogP contribution in [-0.2, 0) is 6.54 Å². The van der Waals surface area contributed by atoms with E-state index in [1.165, 1.54) is 17.7 Å². The smallest absolute Gasteiger partial charge is 0.191 e. The van der Waals surface area contributed by atoms with Crippen molar-refractivity contribution in [1.82, 2.24) is 10.6 Å². The van der Waals surface area contributed by atoms with E-state index in [0.29, 0.717) is 25.7 Å². The average molecular weight is 443 g/mol. The summed E-state index contributed by atoms with van der Waals surface area (Å²) in [7, 11) is 1.70. The fourth-order valence-corrected chi connectivity index (χ4v) is 2.10. The Bertz CT molecular complexity index is 664. The minimum absolute atomic E-state index is 0. The van der Waals surface area contributed by atoms with E-state index >= 15 is 0 Å². The highest BCUT2D eigenvalue weighted by atomic mass is 127. The van der Waals surface area contributed by atoms with E-state index in [0.717, 1.165) is 11.3 Å². The molecule has 4 nitrogen and oxygen atoms in total. The highest BCUT2D eigenvalue weighted by Crippen LogP contribution is 2.11. The summed E-state index contributed by atoms with van der Waals surface area (Å²) in [4.78, 5) is 4.13. The highest BCUT2D eigenvalue weighted by molar-refractivity contribution is 14.0. The van der Waals surface area contributed by atoms with Crippen molar-refractivity contribution in [3.05, 3.63) is 65.5 Å². The summed E-state index contributed by atoms with van der Waals surface area (Å²) in [5.41, 5.74) is 2.03. The molecule has 24 heavy (non-hydrogen) atoms. The Morgan fingerprint density at radius 1 is 1.12 bits per heavy atom. The molecule has 2 aromatic rings.